The number of aromatic nitrogens is 1. The second-order valence-electron chi connectivity index (χ2n) is 4.12. The second kappa shape index (κ2) is 3.96. The molecule has 3 nitrogen and oxygen atoms in total. The minimum atomic E-state index is -0.756. The van der Waals surface area contributed by atoms with E-state index in [1.807, 2.05) is 30.3 Å². The molecule has 0 aliphatic heterocycles. The highest BCUT2D eigenvalue weighted by Crippen LogP contribution is 2.39. The lowest BCUT2D eigenvalue weighted by Gasteiger charge is -2.01. The van der Waals surface area contributed by atoms with Crippen molar-refractivity contribution in [1.82, 2.24) is 4.98 Å². The maximum Gasteiger partial charge on any atom is 0.312 e. The van der Waals surface area contributed by atoms with Crippen LogP contribution in [0.2, 0.25) is 0 Å². The van der Waals surface area contributed by atoms with Crippen molar-refractivity contribution in [3.63, 3.8) is 0 Å². The summed E-state index contributed by atoms with van der Waals surface area (Å²) in [5.74, 6) is -1.16. The zero-order chi connectivity index (χ0) is 11.8. The van der Waals surface area contributed by atoms with Crippen molar-refractivity contribution >= 4 is 17.3 Å². The van der Waals surface area contributed by atoms with Crippen molar-refractivity contribution < 1.29 is 9.90 Å². The molecule has 0 unspecified atom stereocenters. The number of carboxylic acid groups (broad SMARTS) is 1. The average Bonchev–Trinajstić information content (AvgIpc) is 2.88. The number of aryl methyl sites for hydroxylation is 1. The van der Waals surface area contributed by atoms with Crippen molar-refractivity contribution in [2.45, 2.75) is 18.8 Å². The number of aliphatic carboxylic acids is 1. The fourth-order valence-electron chi connectivity index (χ4n) is 2.17. The van der Waals surface area contributed by atoms with Gasteiger partial charge in [-0.15, -0.1) is 11.3 Å². The molecule has 1 aliphatic carbocycles. The number of nitrogens with zero attached hydrogens (tertiary/aromatic N) is 1. The number of hydrogen-bond donors (Lipinski definition) is 1. The Hall–Kier alpha value is -1.68. The number of thiazole rings is 1. The summed E-state index contributed by atoms with van der Waals surface area (Å²) in [5, 5.41) is 10.0. The van der Waals surface area contributed by atoms with Gasteiger partial charge in [0, 0.05) is 10.4 Å². The summed E-state index contributed by atoms with van der Waals surface area (Å²) in [7, 11) is 0. The van der Waals surface area contributed by atoms with E-state index in [0.29, 0.717) is 6.42 Å². The van der Waals surface area contributed by atoms with Crippen LogP contribution < -0.4 is 0 Å². The van der Waals surface area contributed by atoms with Crippen LogP contribution in [0.4, 0.5) is 0 Å². The Bertz CT molecular complexity index is 562. The fourth-order valence-corrected chi connectivity index (χ4v) is 3.32. The zero-order valence-corrected chi connectivity index (χ0v) is 9.91. The molecule has 2 aromatic rings. The van der Waals surface area contributed by atoms with Gasteiger partial charge in [0.1, 0.15) is 10.9 Å². The van der Waals surface area contributed by atoms with Gasteiger partial charge in [0.15, 0.2) is 0 Å². The molecular weight excluding hydrogens is 234 g/mol. The first-order chi connectivity index (χ1) is 8.25. The lowest BCUT2D eigenvalue weighted by molar-refractivity contribution is -0.138. The summed E-state index contributed by atoms with van der Waals surface area (Å²) in [6.45, 7) is 0. The van der Waals surface area contributed by atoms with Crippen LogP contribution in [0.3, 0.4) is 0 Å². The van der Waals surface area contributed by atoms with Crippen LogP contribution in [0.25, 0.3) is 10.6 Å². The molecule has 0 fully saturated rings. The summed E-state index contributed by atoms with van der Waals surface area (Å²) < 4.78 is 0. The van der Waals surface area contributed by atoms with E-state index in [0.717, 1.165) is 27.6 Å². The Balaban J connectivity index is 2.02. The van der Waals surface area contributed by atoms with Crippen LogP contribution in [0.1, 0.15) is 22.9 Å². The molecule has 1 aliphatic rings. The highest BCUT2D eigenvalue weighted by atomic mass is 32.1. The van der Waals surface area contributed by atoms with Gasteiger partial charge in [0.05, 0.1) is 5.69 Å². The third kappa shape index (κ3) is 1.74. The van der Waals surface area contributed by atoms with Gasteiger partial charge < -0.3 is 5.11 Å². The average molecular weight is 245 g/mol. The molecule has 1 atom stereocenters. The Labute approximate surface area is 103 Å². The SMILES string of the molecule is O=C(O)[C@H]1CCc2sc(-c3ccccc3)nc21. The van der Waals surface area contributed by atoms with Gasteiger partial charge in [-0.05, 0) is 12.8 Å². The van der Waals surface area contributed by atoms with Gasteiger partial charge in [0.25, 0.3) is 0 Å². The molecule has 0 amide bonds. The topological polar surface area (TPSA) is 50.2 Å². The number of benzene rings is 1. The lowest BCUT2D eigenvalue weighted by Crippen LogP contribution is -2.08. The van der Waals surface area contributed by atoms with Gasteiger partial charge in [-0.25, -0.2) is 4.98 Å². The van der Waals surface area contributed by atoms with Crippen LogP contribution in [0.5, 0.6) is 0 Å². The van der Waals surface area contributed by atoms with Crippen LogP contribution in [-0.4, -0.2) is 16.1 Å². The maximum absolute atomic E-state index is 11.1. The van der Waals surface area contributed by atoms with E-state index in [2.05, 4.69) is 4.98 Å². The monoisotopic (exact) mass is 245 g/mol. The standard InChI is InChI=1S/C13H11NO2S/c15-13(16)9-6-7-10-11(9)14-12(17-10)8-4-2-1-3-5-8/h1-5,9H,6-7H2,(H,15,16)/t9-/m0/s1. The normalized spacial score (nSPS) is 18.0. The molecular formula is C13H11NO2S. The Kier molecular flexibility index (Phi) is 2.44. The molecule has 3 rings (SSSR count). The molecule has 1 heterocycles. The van der Waals surface area contributed by atoms with Gasteiger partial charge in [-0.1, -0.05) is 30.3 Å². The van der Waals surface area contributed by atoms with E-state index in [9.17, 15) is 4.79 Å². The molecule has 0 spiro atoms. The fraction of sp³-hybridized carbons (Fsp3) is 0.231. The maximum atomic E-state index is 11.1. The van der Waals surface area contributed by atoms with Crippen molar-refractivity contribution in [3.05, 3.63) is 40.9 Å². The summed E-state index contributed by atoms with van der Waals surface area (Å²) in [6, 6.07) is 9.91. The Morgan fingerprint density at radius 2 is 2.12 bits per heavy atom. The first kappa shape index (κ1) is 10.5. The lowest BCUT2D eigenvalue weighted by atomic mass is 10.1. The summed E-state index contributed by atoms with van der Waals surface area (Å²) in [4.78, 5) is 16.7. The van der Waals surface area contributed by atoms with Gasteiger partial charge in [0.2, 0.25) is 0 Å². The third-order valence-electron chi connectivity index (χ3n) is 3.04. The van der Waals surface area contributed by atoms with Gasteiger partial charge in [-0.3, -0.25) is 4.79 Å². The number of fused-ring (bicyclic) bond motifs is 1. The van der Waals surface area contributed by atoms with E-state index < -0.39 is 11.9 Å². The highest BCUT2D eigenvalue weighted by Gasteiger charge is 2.32. The first-order valence-electron chi connectivity index (χ1n) is 5.53. The predicted molar refractivity (Wildman–Crippen MR) is 66.2 cm³/mol. The van der Waals surface area contributed by atoms with Crippen molar-refractivity contribution in [2.24, 2.45) is 0 Å². The molecule has 1 aromatic carbocycles. The molecule has 0 radical (unpaired) electrons. The van der Waals surface area contributed by atoms with E-state index in [4.69, 9.17) is 5.11 Å². The van der Waals surface area contributed by atoms with E-state index in [1.165, 1.54) is 0 Å². The number of rotatable bonds is 2. The molecule has 1 N–H and O–H groups in total. The summed E-state index contributed by atoms with van der Waals surface area (Å²) in [5.41, 5.74) is 1.84. The van der Waals surface area contributed by atoms with E-state index in [1.54, 1.807) is 11.3 Å². The van der Waals surface area contributed by atoms with E-state index >= 15 is 0 Å². The van der Waals surface area contributed by atoms with Gasteiger partial charge >= 0.3 is 5.97 Å². The second-order valence-corrected chi connectivity index (χ2v) is 5.21. The third-order valence-corrected chi connectivity index (χ3v) is 4.22. The molecule has 17 heavy (non-hydrogen) atoms. The molecule has 4 heteroatoms. The van der Waals surface area contributed by atoms with Crippen molar-refractivity contribution in [1.29, 1.82) is 0 Å². The first-order valence-corrected chi connectivity index (χ1v) is 6.35. The smallest absolute Gasteiger partial charge is 0.312 e. The largest absolute Gasteiger partial charge is 0.481 e. The minimum Gasteiger partial charge on any atom is -0.481 e. The number of hydrogen-bond acceptors (Lipinski definition) is 3. The molecule has 86 valence electrons. The summed E-state index contributed by atoms with van der Waals surface area (Å²) in [6.07, 6.45) is 1.54. The van der Waals surface area contributed by atoms with Crippen molar-refractivity contribution in [2.75, 3.05) is 0 Å². The minimum absolute atomic E-state index is 0.404. The van der Waals surface area contributed by atoms with Gasteiger partial charge in [-0.2, -0.15) is 0 Å². The van der Waals surface area contributed by atoms with E-state index in [-0.39, 0.29) is 0 Å². The summed E-state index contributed by atoms with van der Waals surface area (Å²) >= 11 is 1.62. The Morgan fingerprint density at radius 3 is 2.82 bits per heavy atom. The molecule has 0 saturated heterocycles. The zero-order valence-electron chi connectivity index (χ0n) is 9.09. The van der Waals surface area contributed by atoms with Crippen LogP contribution in [0, 0.1) is 0 Å². The van der Waals surface area contributed by atoms with Crippen LogP contribution >= 0.6 is 11.3 Å². The predicted octanol–water partition coefficient (Wildman–Crippen LogP) is 2.92. The van der Waals surface area contributed by atoms with Crippen LogP contribution in [-0.2, 0) is 11.2 Å². The molecule has 0 saturated carbocycles. The quantitative estimate of drug-likeness (QED) is 0.885. The molecule has 0 bridgehead atoms. The number of carboxylic acids is 1. The van der Waals surface area contributed by atoms with Crippen LogP contribution in [0.15, 0.2) is 30.3 Å². The molecule has 1 aromatic heterocycles. The number of carbonyl (C=O) groups is 1. The van der Waals surface area contributed by atoms with Crippen molar-refractivity contribution in [3.8, 4) is 10.6 Å². The highest BCUT2D eigenvalue weighted by molar-refractivity contribution is 7.15. The Morgan fingerprint density at radius 1 is 1.35 bits per heavy atom.